The Morgan fingerprint density at radius 2 is 1.67 bits per heavy atom. The van der Waals surface area contributed by atoms with E-state index in [0.29, 0.717) is 38.9 Å². The number of hydrogen-bond donors (Lipinski definition) is 1. The van der Waals surface area contributed by atoms with Crippen LogP contribution in [0.4, 0.5) is 5.69 Å². The minimum Gasteiger partial charge on any atom is -0.493 e. The van der Waals surface area contributed by atoms with Crippen LogP contribution >= 0.6 is 34.8 Å². The van der Waals surface area contributed by atoms with Crippen LogP contribution in [0.25, 0.3) is 6.08 Å². The number of carbonyl (C=O) groups is 1. The van der Waals surface area contributed by atoms with Crippen molar-refractivity contribution in [1.82, 2.24) is 0 Å². The Kier molecular flexibility index (Phi) is 7.63. The van der Waals surface area contributed by atoms with E-state index in [2.05, 4.69) is 5.32 Å². The Labute approximate surface area is 190 Å². The van der Waals surface area contributed by atoms with Crippen molar-refractivity contribution in [2.45, 2.75) is 6.61 Å². The predicted molar refractivity (Wildman–Crippen MR) is 123 cm³/mol. The van der Waals surface area contributed by atoms with Crippen LogP contribution < -0.4 is 14.8 Å². The van der Waals surface area contributed by atoms with Gasteiger partial charge in [-0.25, -0.2) is 0 Å². The Morgan fingerprint density at radius 1 is 0.967 bits per heavy atom. The third kappa shape index (κ3) is 5.92. The summed E-state index contributed by atoms with van der Waals surface area (Å²) < 4.78 is 11.3. The average molecular weight is 463 g/mol. The fraction of sp³-hybridized carbons (Fsp3) is 0.0870. The van der Waals surface area contributed by atoms with Crippen molar-refractivity contribution in [2.75, 3.05) is 12.4 Å². The van der Waals surface area contributed by atoms with Crippen molar-refractivity contribution in [3.8, 4) is 11.5 Å². The van der Waals surface area contributed by atoms with Crippen molar-refractivity contribution < 1.29 is 14.3 Å². The number of amides is 1. The molecule has 0 saturated heterocycles. The number of methoxy groups -OCH3 is 1. The number of nitrogens with one attached hydrogen (secondary N) is 1. The molecule has 0 bridgehead atoms. The van der Waals surface area contributed by atoms with Crippen molar-refractivity contribution >= 4 is 52.5 Å². The van der Waals surface area contributed by atoms with Gasteiger partial charge in [-0.1, -0.05) is 59.1 Å². The maximum Gasteiger partial charge on any atom is 0.248 e. The molecular formula is C23H18Cl3NO3. The van der Waals surface area contributed by atoms with E-state index in [9.17, 15) is 4.79 Å². The second kappa shape index (κ2) is 10.4. The molecule has 0 spiro atoms. The lowest BCUT2D eigenvalue weighted by atomic mass is 10.2. The summed E-state index contributed by atoms with van der Waals surface area (Å²) >= 11 is 18.0. The highest BCUT2D eigenvalue weighted by Gasteiger charge is 2.08. The van der Waals surface area contributed by atoms with Gasteiger partial charge in [0.15, 0.2) is 11.5 Å². The monoisotopic (exact) mass is 461 g/mol. The van der Waals surface area contributed by atoms with Crippen LogP contribution in [-0.2, 0) is 11.4 Å². The molecule has 0 aliphatic rings. The Hall–Kier alpha value is -2.66. The number of hydrogen-bond acceptors (Lipinski definition) is 3. The zero-order valence-corrected chi connectivity index (χ0v) is 18.3. The lowest BCUT2D eigenvalue weighted by Gasteiger charge is -2.11. The van der Waals surface area contributed by atoms with Crippen LogP contribution in [0.2, 0.25) is 15.1 Å². The number of anilines is 1. The Bertz CT molecular complexity index is 1050. The first-order valence-electron chi connectivity index (χ1n) is 8.94. The van der Waals surface area contributed by atoms with Crippen molar-refractivity contribution in [1.29, 1.82) is 0 Å². The molecule has 0 aliphatic heterocycles. The third-order valence-electron chi connectivity index (χ3n) is 4.13. The van der Waals surface area contributed by atoms with Crippen LogP contribution in [0.1, 0.15) is 11.1 Å². The van der Waals surface area contributed by atoms with Gasteiger partial charge >= 0.3 is 0 Å². The summed E-state index contributed by atoms with van der Waals surface area (Å²) in [5.74, 6) is 0.796. The van der Waals surface area contributed by atoms with Gasteiger partial charge in [0, 0.05) is 11.1 Å². The van der Waals surface area contributed by atoms with Gasteiger partial charge in [0.05, 0.1) is 22.8 Å². The molecule has 154 valence electrons. The maximum absolute atomic E-state index is 12.2. The second-order valence-electron chi connectivity index (χ2n) is 6.24. The summed E-state index contributed by atoms with van der Waals surface area (Å²) in [5, 5.41) is 4.09. The van der Waals surface area contributed by atoms with Gasteiger partial charge in [0.1, 0.15) is 6.61 Å². The van der Waals surface area contributed by atoms with E-state index in [1.807, 2.05) is 30.3 Å². The lowest BCUT2D eigenvalue weighted by Crippen LogP contribution is -2.08. The van der Waals surface area contributed by atoms with Crippen LogP contribution in [-0.4, -0.2) is 13.0 Å². The SMILES string of the molecule is COc1cc(/C=C/C(=O)Nc2c(Cl)cccc2Cl)ccc1OCc1ccc(Cl)cc1. The van der Waals surface area contributed by atoms with E-state index < -0.39 is 0 Å². The number of carbonyl (C=O) groups excluding carboxylic acids is 1. The van der Waals surface area contributed by atoms with Gasteiger partial charge < -0.3 is 14.8 Å². The summed E-state index contributed by atoms with van der Waals surface area (Å²) in [6.07, 6.45) is 3.05. The molecule has 7 heteroatoms. The molecular weight excluding hydrogens is 445 g/mol. The molecule has 1 amide bonds. The van der Waals surface area contributed by atoms with Gasteiger partial charge in [-0.05, 0) is 53.6 Å². The molecule has 3 rings (SSSR count). The molecule has 1 N–H and O–H groups in total. The zero-order chi connectivity index (χ0) is 21.5. The van der Waals surface area contributed by atoms with Crippen LogP contribution in [0.5, 0.6) is 11.5 Å². The summed E-state index contributed by atoms with van der Waals surface area (Å²) in [7, 11) is 1.56. The standard InChI is InChI=1S/C23H18Cl3NO3/c1-29-21-13-15(7-11-20(21)30-14-16-5-9-17(24)10-6-16)8-12-22(28)27-23-18(25)3-2-4-19(23)26/h2-13H,14H2,1H3,(H,27,28)/b12-8+. The normalized spacial score (nSPS) is 10.8. The highest BCUT2D eigenvalue weighted by atomic mass is 35.5. The number of halogens is 3. The summed E-state index contributed by atoms with van der Waals surface area (Å²) in [6, 6.07) is 17.8. The molecule has 4 nitrogen and oxygen atoms in total. The lowest BCUT2D eigenvalue weighted by molar-refractivity contribution is -0.111. The van der Waals surface area contributed by atoms with E-state index in [1.165, 1.54) is 6.08 Å². The Morgan fingerprint density at radius 3 is 2.33 bits per heavy atom. The number of ether oxygens (including phenoxy) is 2. The van der Waals surface area contributed by atoms with Gasteiger partial charge in [-0.3, -0.25) is 4.79 Å². The van der Waals surface area contributed by atoms with Crippen LogP contribution in [0.3, 0.4) is 0 Å². The first-order chi connectivity index (χ1) is 14.5. The third-order valence-corrected chi connectivity index (χ3v) is 5.02. The molecule has 0 fully saturated rings. The molecule has 0 aliphatic carbocycles. The van der Waals surface area contributed by atoms with Gasteiger partial charge in [0.25, 0.3) is 0 Å². The molecule has 0 heterocycles. The predicted octanol–water partition coefficient (Wildman–Crippen LogP) is 6.89. The maximum atomic E-state index is 12.2. The quantitative estimate of drug-likeness (QED) is 0.389. The summed E-state index contributed by atoms with van der Waals surface area (Å²) in [4.78, 5) is 12.2. The smallest absolute Gasteiger partial charge is 0.248 e. The minimum absolute atomic E-state index is 0.355. The van der Waals surface area contributed by atoms with E-state index in [0.717, 1.165) is 11.1 Å². The zero-order valence-electron chi connectivity index (χ0n) is 16.0. The van der Waals surface area contributed by atoms with Gasteiger partial charge in [0.2, 0.25) is 5.91 Å². The molecule has 30 heavy (non-hydrogen) atoms. The van der Waals surface area contributed by atoms with E-state index in [4.69, 9.17) is 44.3 Å². The number of benzene rings is 3. The van der Waals surface area contributed by atoms with Crippen molar-refractivity contribution in [3.05, 3.63) is 92.9 Å². The van der Waals surface area contributed by atoms with Crippen molar-refractivity contribution in [2.24, 2.45) is 0 Å². The average Bonchev–Trinajstić information content (AvgIpc) is 2.75. The molecule has 0 unspecified atom stereocenters. The van der Waals surface area contributed by atoms with E-state index >= 15 is 0 Å². The second-order valence-corrected chi connectivity index (χ2v) is 7.50. The van der Waals surface area contributed by atoms with Crippen LogP contribution in [0.15, 0.2) is 66.7 Å². The molecule has 0 aromatic heterocycles. The first-order valence-corrected chi connectivity index (χ1v) is 10.1. The highest BCUT2D eigenvalue weighted by Crippen LogP contribution is 2.31. The summed E-state index contributed by atoms with van der Waals surface area (Å²) in [6.45, 7) is 0.379. The fourth-order valence-electron chi connectivity index (χ4n) is 2.60. The molecule has 0 saturated carbocycles. The molecule has 0 radical (unpaired) electrons. The van der Waals surface area contributed by atoms with E-state index in [1.54, 1.807) is 43.5 Å². The molecule has 3 aromatic carbocycles. The van der Waals surface area contributed by atoms with Gasteiger partial charge in [-0.2, -0.15) is 0 Å². The topological polar surface area (TPSA) is 47.6 Å². The number of rotatable bonds is 7. The highest BCUT2D eigenvalue weighted by molar-refractivity contribution is 6.39. The fourth-order valence-corrected chi connectivity index (χ4v) is 3.22. The molecule has 0 atom stereocenters. The number of para-hydroxylation sites is 1. The van der Waals surface area contributed by atoms with E-state index in [-0.39, 0.29) is 5.91 Å². The largest absolute Gasteiger partial charge is 0.493 e. The Balaban J connectivity index is 1.66. The summed E-state index contributed by atoms with van der Waals surface area (Å²) in [5.41, 5.74) is 2.13. The van der Waals surface area contributed by atoms with Crippen molar-refractivity contribution in [3.63, 3.8) is 0 Å². The minimum atomic E-state index is -0.355. The molecule has 3 aromatic rings. The van der Waals surface area contributed by atoms with Gasteiger partial charge in [-0.15, -0.1) is 0 Å². The van der Waals surface area contributed by atoms with Crippen LogP contribution in [0, 0.1) is 0 Å². The first kappa shape index (κ1) is 22.0.